The highest BCUT2D eigenvalue weighted by Crippen LogP contribution is 2.28. The summed E-state index contributed by atoms with van der Waals surface area (Å²) in [5.41, 5.74) is 3.73. The monoisotopic (exact) mass is 406 g/mol. The lowest BCUT2D eigenvalue weighted by atomic mass is 9.85. The highest BCUT2D eigenvalue weighted by molar-refractivity contribution is 5.93. The summed E-state index contributed by atoms with van der Waals surface area (Å²) in [7, 11) is 1.62. The SMILES string of the molecule is COCCOc1nc(-c2ccc(C)cc2)n(-c2ccc(NC(=O)C3CCC3)cc2)n1. The third kappa shape index (κ3) is 4.52. The molecule has 7 heteroatoms. The number of amides is 1. The molecule has 1 heterocycles. The standard InChI is InChI=1S/C23H26N4O3/c1-16-6-8-17(9-7-16)21-25-23(30-15-14-29-2)26-27(21)20-12-10-19(11-13-20)24-22(28)18-4-3-5-18/h6-13,18H,3-5,14-15H2,1-2H3,(H,24,28). The predicted molar refractivity (Wildman–Crippen MR) is 115 cm³/mol. The Hall–Kier alpha value is -3.19. The van der Waals surface area contributed by atoms with Gasteiger partial charge in [0.2, 0.25) is 5.91 Å². The molecule has 0 unspecified atom stereocenters. The number of methoxy groups -OCH3 is 1. The zero-order valence-corrected chi connectivity index (χ0v) is 17.3. The van der Waals surface area contributed by atoms with E-state index in [4.69, 9.17) is 9.47 Å². The van der Waals surface area contributed by atoms with Crippen LogP contribution in [0.25, 0.3) is 17.1 Å². The van der Waals surface area contributed by atoms with Crippen LogP contribution in [0.4, 0.5) is 5.69 Å². The van der Waals surface area contributed by atoms with Crippen LogP contribution in [0.5, 0.6) is 6.01 Å². The maximum atomic E-state index is 12.2. The molecule has 0 atom stereocenters. The first kappa shape index (κ1) is 20.1. The Morgan fingerprint density at radius 3 is 2.47 bits per heavy atom. The van der Waals surface area contributed by atoms with Crippen LogP contribution in [0, 0.1) is 12.8 Å². The molecule has 1 saturated carbocycles. The van der Waals surface area contributed by atoms with E-state index < -0.39 is 0 Å². The molecule has 1 amide bonds. The molecule has 0 spiro atoms. The first-order valence-corrected chi connectivity index (χ1v) is 10.2. The maximum Gasteiger partial charge on any atom is 0.336 e. The number of carbonyl (C=O) groups is 1. The zero-order valence-electron chi connectivity index (χ0n) is 17.3. The fourth-order valence-electron chi connectivity index (χ4n) is 3.24. The Labute approximate surface area is 176 Å². The molecule has 4 rings (SSSR count). The van der Waals surface area contributed by atoms with Gasteiger partial charge in [0, 0.05) is 24.3 Å². The van der Waals surface area contributed by atoms with Gasteiger partial charge in [0.1, 0.15) is 6.61 Å². The van der Waals surface area contributed by atoms with Gasteiger partial charge in [-0.05, 0) is 44.0 Å². The van der Waals surface area contributed by atoms with Gasteiger partial charge in [0.25, 0.3) is 0 Å². The van der Waals surface area contributed by atoms with Crippen molar-refractivity contribution in [3.05, 3.63) is 54.1 Å². The summed E-state index contributed by atoms with van der Waals surface area (Å²) in [5.74, 6) is 0.942. The lowest BCUT2D eigenvalue weighted by molar-refractivity contribution is -0.122. The number of nitrogens with zero attached hydrogens (tertiary/aromatic N) is 3. The van der Waals surface area contributed by atoms with Crippen LogP contribution in [0.2, 0.25) is 0 Å². The second-order valence-electron chi connectivity index (χ2n) is 7.50. The zero-order chi connectivity index (χ0) is 20.9. The Morgan fingerprint density at radius 1 is 1.10 bits per heavy atom. The lowest BCUT2D eigenvalue weighted by Gasteiger charge is -2.24. The van der Waals surface area contributed by atoms with Crippen LogP contribution < -0.4 is 10.1 Å². The average molecular weight is 406 g/mol. The van der Waals surface area contributed by atoms with Gasteiger partial charge in [-0.1, -0.05) is 36.2 Å². The van der Waals surface area contributed by atoms with Crippen molar-refractivity contribution < 1.29 is 14.3 Å². The number of ether oxygens (including phenoxy) is 2. The number of rotatable bonds is 8. The summed E-state index contributed by atoms with van der Waals surface area (Å²) in [6.07, 6.45) is 3.10. The Balaban J connectivity index is 1.59. The smallest absolute Gasteiger partial charge is 0.336 e. The molecular formula is C23H26N4O3. The first-order chi connectivity index (χ1) is 14.6. The average Bonchev–Trinajstić information content (AvgIpc) is 3.12. The van der Waals surface area contributed by atoms with Gasteiger partial charge < -0.3 is 14.8 Å². The summed E-state index contributed by atoms with van der Waals surface area (Å²) in [4.78, 5) is 16.8. The molecule has 0 aliphatic heterocycles. The van der Waals surface area contributed by atoms with Crippen molar-refractivity contribution in [2.24, 2.45) is 5.92 Å². The van der Waals surface area contributed by atoms with Crippen molar-refractivity contribution in [3.63, 3.8) is 0 Å². The minimum atomic E-state index is 0.101. The fourth-order valence-corrected chi connectivity index (χ4v) is 3.24. The van der Waals surface area contributed by atoms with Crippen LogP contribution in [-0.2, 0) is 9.53 Å². The van der Waals surface area contributed by atoms with Crippen molar-refractivity contribution in [2.75, 3.05) is 25.6 Å². The minimum absolute atomic E-state index is 0.101. The Bertz CT molecular complexity index is 992. The van der Waals surface area contributed by atoms with Gasteiger partial charge in [-0.15, -0.1) is 5.10 Å². The molecular weight excluding hydrogens is 380 g/mol. The predicted octanol–water partition coefficient (Wildman–Crippen LogP) is 4.01. The first-order valence-electron chi connectivity index (χ1n) is 10.2. The lowest BCUT2D eigenvalue weighted by Crippen LogP contribution is -2.27. The number of benzene rings is 2. The normalized spacial score (nSPS) is 13.7. The molecule has 0 bridgehead atoms. The van der Waals surface area contributed by atoms with E-state index in [-0.39, 0.29) is 11.8 Å². The number of nitrogens with one attached hydrogen (secondary N) is 1. The number of carbonyl (C=O) groups excluding carboxylic acids is 1. The van der Waals surface area contributed by atoms with Crippen molar-refractivity contribution in [1.29, 1.82) is 0 Å². The molecule has 0 saturated heterocycles. The van der Waals surface area contributed by atoms with Gasteiger partial charge in [-0.3, -0.25) is 4.79 Å². The molecule has 1 aliphatic carbocycles. The summed E-state index contributed by atoms with van der Waals surface area (Å²) in [6.45, 7) is 2.88. The van der Waals surface area contributed by atoms with Crippen molar-refractivity contribution in [1.82, 2.24) is 14.8 Å². The molecule has 1 aliphatic rings. The van der Waals surface area contributed by atoms with Crippen LogP contribution >= 0.6 is 0 Å². The molecule has 3 aromatic rings. The molecule has 1 fully saturated rings. The summed E-state index contributed by atoms with van der Waals surface area (Å²) < 4.78 is 12.4. The van der Waals surface area contributed by atoms with Crippen LogP contribution in [0.3, 0.4) is 0 Å². The van der Waals surface area contributed by atoms with Crippen molar-refractivity contribution in [3.8, 4) is 23.1 Å². The summed E-state index contributed by atoms with van der Waals surface area (Å²) in [5, 5.41) is 7.52. The van der Waals surface area contributed by atoms with E-state index >= 15 is 0 Å². The molecule has 30 heavy (non-hydrogen) atoms. The summed E-state index contributed by atoms with van der Waals surface area (Å²) >= 11 is 0. The number of aromatic nitrogens is 3. The topological polar surface area (TPSA) is 78.3 Å². The highest BCUT2D eigenvalue weighted by atomic mass is 16.5. The third-order valence-electron chi connectivity index (χ3n) is 5.27. The van der Waals surface area contributed by atoms with E-state index in [2.05, 4.69) is 15.4 Å². The number of aryl methyl sites for hydroxylation is 1. The summed E-state index contributed by atoms with van der Waals surface area (Å²) in [6, 6.07) is 16.0. The fraction of sp³-hybridized carbons (Fsp3) is 0.348. The molecule has 0 radical (unpaired) electrons. The van der Waals surface area contributed by atoms with Crippen LogP contribution in [-0.4, -0.2) is 41.0 Å². The van der Waals surface area contributed by atoms with Crippen LogP contribution in [0.15, 0.2) is 48.5 Å². The number of hydrogen-bond donors (Lipinski definition) is 1. The van der Waals surface area contributed by atoms with E-state index in [1.165, 1.54) is 5.56 Å². The van der Waals surface area contributed by atoms with Gasteiger partial charge in [0.15, 0.2) is 5.82 Å². The van der Waals surface area contributed by atoms with Crippen LogP contribution in [0.1, 0.15) is 24.8 Å². The van der Waals surface area contributed by atoms with E-state index in [9.17, 15) is 4.79 Å². The van der Waals surface area contributed by atoms with E-state index in [0.717, 1.165) is 36.2 Å². The van der Waals surface area contributed by atoms with Gasteiger partial charge >= 0.3 is 6.01 Å². The highest BCUT2D eigenvalue weighted by Gasteiger charge is 2.25. The second-order valence-corrected chi connectivity index (χ2v) is 7.50. The van der Waals surface area contributed by atoms with Crippen molar-refractivity contribution >= 4 is 11.6 Å². The maximum absolute atomic E-state index is 12.2. The van der Waals surface area contributed by atoms with E-state index in [1.54, 1.807) is 11.8 Å². The Kier molecular flexibility index (Phi) is 6.09. The number of hydrogen-bond acceptors (Lipinski definition) is 5. The van der Waals surface area contributed by atoms with Gasteiger partial charge in [-0.25, -0.2) is 4.68 Å². The largest absolute Gasteiger partial charge is 0.460 e. The molecule has 156 valence electrons. The van der Waals surface area contributed by atoms with Crippen molar-refractivity contribution in [2.45, 2.75) is 26.2 Å². The Morgan fingerprint density at radius 2 is 1.83 bits per heavy atom. The van der Waals surface area contributed by atoms with E-state index in [1.807, 2.05) is 55.5 Å². The minimum Gasteiger partial charge on any atom is -0.460 e. The van der Waals surface area contributed by atoms with Gasteiger partial charge in [-0.2, -0.15) is 4.98 Å². The quantitative estimate of drug-likeness (QED) is 0.572. The molecule has 2 aromatic carbocycles. The second kappa shape index (κ2) is 9.09. The van der Waals surface area contributed by atoms with Gasteiger partial charge in [0.05, 0.1) is 12.3 Å². The molecule has 1 aromatic heterocycles. The molecule has 7 nitrogen and oxygen atoms in total. The number of anilines is 1. The molecule has 1 N–H and O–H groups in total. The third-order valence-corrected chi connectivity index (χ3v) is 5.27. The van der Waals surface area contributed by atoms with E-state index in [0.29, 0.717) is 25.0 Å².